The Morgan fingerprint density at radius 1 is 1.25 bits per heavy atom. The zero-order valence-electron chi connectivity index (χ0n) is 9.15. The summed E-state index contributed by atoms with van der Waals surface area (Å²) in [5, 5.41) is 16.7. The van der Waals surface area contributed by atoms with Gasteiger partial charge in [-0.1, -0.05) is 0 Å². The maximum absolute atomic E-state index is 12.7. The number of halogens is 2. The molecule has 0 bridgehead atoms. The highest BCUT2D eigenvalue weighted by atomic mass is 32.3. The molecule has 0 radical (unpaired) electrons. The molecule has 0 saturated carbocycles. The van der Waals surface area contributed by atoms with Crippen LogP contribution in [0.4, 0.5) is 14.5 Å². The van der Waals surface area contributed by atoms with E-state index in [1.54, 1.807) is 0 Å². The summed E-state index contributed by atoms with van der Waals surface area (Å²) in [6.45, 7) is 0. The highest BCUT2D eigenvalue weighted by Gasteiger charge is 2.28. The minimum atomic E-state index is -4.92. The van der Waals surface area contributed by atoms with Crippen molar-refractivity contribution in [1.82, 2.24) is 0 Å². The molecule has 1 aromatic rings. The van der Waals surface area contributed by atoms with Crippen molar-refractivity contribution in [3.63, 3.8) is 0 Å². The van der Waals surface area contributed by atoms with Crippen molar-refractivity contribution in [2.45, 2.75) is 0 Å². The zero-order valence-corrected chi connectivity index (χ0v) is 9.97. The van der Waals surface area contributed by atoms with Gasteiger partial charge in [0.05, 0.1) is 6.07 Å². The Morgan fingerprint density at radius 3 is 2.00 bits per heavy atom. The zero-order chi connectivity index (χ0) is 16.1. The van der Waals surface area contributed by atoms with Gasteiger partial charge in [0.1, 0.15) is 5.56 Å². The van der Waals surface area contributed by atoms with E-state index in [-0.39, 0.29) is 0 Å². The predicted octanol–water partition coefficient (Wildman–Crippen LogP) is 0.721. The topological polar surface area (TPSA) is 160 Å². The van der Waals surface area contributed by atoms with Crippen LogP contribution in [0.15, 0.2) is 12.1 Å². The Morgan fingerprint density at radius 2 is 1.65 bits per heavy atom. The molecule has 0 spiro atoms. The molecule has 0 aliphatic heterocycles. The predicted molar refractivity (Wildman–Crippen MR) is 55.4 cm³/mol. The van der Waals surface area contributed by atoms with Gasteiger partial charge < -0.3 is 9.66 Å². The van der Waals surface area contributed by atoms with Gasteiger partial charge in [-0.05, 0) is 6.07 Å². The van der Waals surface area contributed by atoms with Gasteiger partial charge in [-0.15, -0.1) is 0 Å². The second-order valence-corrected chi connectivity index (χ2v) is 3.80. The number of hydrogen-bond donors (Lipinski definition) is 2. The Hall–Kier alpha value is -2.49. The number of carbonyl (C=O) groups excluding carboxylic acids is 1. The Labute approximate surface area is 109 Å². The molecular formula is C8H4F2N2O7S. The number of carbonyl (C=O) groups is 2. The number of carboxylic acids is 1. The summed E-state index contributed by atoms with van der Waals surface area (Å²) in [5.41, 5.74) is -1.36. The summed E-state index contributed by atoms with van der Waals surface area (Å²) < 4.78 is 58.1. The Bertz CT molecular complexity index is 688. The number of carboxylic acid groups (broad SMARTS) is 1. The molecule has 0 aliphatic carbocycles. The van der Waals surface area contributed by atoms with E-state index in [0.29, 0.717) is 12.1 Å². The summed E-state index contributed by atoms with van der Waals surface area (Å²) in [7, 11) is -4.92. The Balaban J connectivity index is 0.000000621. The van der Waals surface area contributed by atoms with Crippen molar-refractivity contribution in [1.29, 1.82) is 5.39 Å². The molecule has 0 aromatic heterocycles. The van der Waals surface area contributed by atoms with Crippen LogP contribution < -0.4 is 0 Å². The highest BCUT2D eigenvalue weighted by molar-refractivity contribution is 7.79. The minimum Gasteiger partial charge on any atom is -0.726 e. The molecule has 9 nitrogen and oxygen atoms in total. The van der Waals surface area contributed by atoms with Crippen LogP contribution >= 0.6 is 0 Å². The Kier molecular flexibility index (Phi) is 5.79. The van der Waals surface area contributed by atoms with Crippen molar-refractivity contribution in [3.05, 3.63) is 34.3 Å². The van der Waals surface area contributed by atoms with E-state index < -0.39 is 45.0 Å². The summed E-state index contributed by atoms with van der Waals surface area (Å²) in [4.78, 5) is 23.7. The average molecular weight is 310 g/mol. The van der Waals surface area contributed by atoms with Crippen molar-refractivity contribution in [2.24, 2.45) is 0 Å². The number of Topliss-reactive ketones (excluding diaryl/α,β-unsaturated/α-hetero) is 1. The monoisotopic (exact) mass is 310 g/mol. The van der Waals surface area contributed by atoms with E-state index in [4.69, 9.17) is 28.0 Å². The first-order valence-electron chi connectivity index (χ1n) is 4.27. The van der Waals surface area contributed by atoms with Crippen LogP contribution in [0.3, 0.4) is 0 Å². The largest absolute Gasteiger partial charge is 0.726 e. The molecule has 20 heavy (non-hydrogen) atoms. The van der Waals surface area contributed by atoms with Crippen molar-refractivity contribution in [2.75, 3.05) is 0 Å². The molecule has 12 heteroatoms. The molecule has 1 aromatic carbocycles. The van der Waals surface area contributed by atoms with E-state index in [9.17, 15) is 18.4 Å². The summed E-state index contributed by atoms with van der Waals surface area (Å²) in [6.07, 6.45) is 0. The highest BCUT2D eigenvalue weighted by Crippen LogP contribution is 2.23. The fourth-order valence-electron chi connectivity index (χ4n) is 0.916. The van der Waals surface area contributed by atoms with Crippen LogP contribution in [0, 0.1) is 17.0 Å². The second kappa shape index (κ2) is 6.61. The lowest BCUT2D eigenvalue weighted by molar-refractivity contribution is -0.131. The number of diazo groups is 1. The van der Waals surface area contributed by atoms with Gasteiger partial charge in [-0.25, -0.2) is 22.0 Å². The SMILES string of the molecule is N#[N+]c1cc(F)c(F)cc1C(=O)C(=O)O.O=S(=O)([O-])O. The molecule has 2 N–H and O–H groups in total. The fraction of sp³-hybridized carbons (Fsp3) is 0. The smallest absolute Gasteiger partial charge is 0.399 e. The van der Waals surface area contributed by atoms with Gasteiger partial charge in [0.25, 0.3) is 5.78 Å². The van der Waals surface area contributed by atoms with E-state index >= 15 is 0 Å². The van der Waals surface area contributed by atoms with Gasteiger partial charge in [0.2, 0.25) is 15.8 Å². The number of nitrogens with zero attached hydrogens (tertiary/aromatic N) is 2. The van der Waals surface area contributed by atoms with Crippen LogP contribution in [0.2, 0.25) is 0 Å². The molecule has 108 valence electrons. The van der Waals surface area contributed by atoms with Crippen molar-refractivity contribution >= 4 is 27.8 Å². The molecule has 0 atom stereocenters. The molecule has 0 heterocycles. The lowest BCUT2D eigenvalue weighted by Gasteiger charge is -1.94. The first kappa shape index (κ1) is 17.5. The summed E-state index contributed by atoms with van der Waals surface area (Å²) in [5.74, 6) is -6.08. The van der Waals surface area contributed by atoms with Gasteiger partial charge in [0, 0.05) is 0 Å². The third-order valence-corrected chi connectivity index (χ3v) is 1.59. The number of aliphatic carboxylic acids is 1. The first-order valence-corrected chi connectivity index (χ1v) is 5.64. The second-order valence-electron chi connectivity index (χ2n) is 2.95. The average Bonchev–Trinajstić information content (AvgIpc) is 2.28. The molecule has 0 saturated heterocycles. The van der Waals surface area contributed by atoms with Gasteiger partial charge >= 0.3 is 11.7 Å². The van der Waals surface area contributed by atoms with E-state index in [0.717, 1.165) is 0 Å². The van der Waals surface area contributed by atoms with Gasteiger partial charge in [-0.3, -0.25) is 9.35 Å². The third kappa shape index (κ3) is 5.91. The van der Waals surface area contributed by atoms with Crippen LogP contribution in [0.1, 0.15) is 10.4 Å². The van der Waals surface area contributed by atoms with Crippen LogP contribution in [0.25, 0.3) is 4.98 Å². The van der Waals surface area contributed by atoms with Crippen molar-refractivity contribution < 1.29 is 41.0 Å². The first-order chi connectivity index (χ1) is 8.97. The number of benzene rings is 1. The quantitative estimate of drug-likeness (QED) is 0.265. The molecule has 0 fully saturated rings. The molecule has 0 amide bonds. The standard InChI is InChI=1S/C8H2F2N2O3.H2O4S/c9-4-1-3(7(13)8(14)15)6(12-11)2-5(4)10;1-5(2,3)4/h1-2H;(H2,1,2,3,4). The van der Waals surface area contributed by atoms with E-state index in [1.165, 1.54) is 0 Å². The number of ketones is 1. The molecule has 1 rings (SSSR count). The van der Waals surface area contributed by atoms with E-state index in [2.05, 4.69) is 4.98 Å². The normalized spacial score (nSPS) is 9.95. The van der Waals surface area contributed by atoms with Crippen LogP contribution in [0.5, 0.6) is 0 Å². The minimum absolute atomic E-state index is 0.362. The van der Waals surface area contributed by atoms with Crippen LogP contribution in [-0.2, 0) is 15.2 Å². The van der Waals surface area contributed by atoms with Gasteiger partial charge in [-0.2, -0.15) is 0 Å². The fourth-order valence-corrected chi connectivity index (χ4v) is 0.916. The summed E-state index contributed by atoms with van der Waals surface area (Å²) >= 11 is 0. The number of hydrogen-bond acceptors (Lipinski definition) is 6. The molecule has 0 aliphatic rings. The maximum atomic E-state index is 12.7. The van der Waals surface area contributed by atoms with Gasteiger partial charge in [0.15, 0.2) is 16.6 Å². The number of rotatable bonds is 2. The lowest BCUT2D eigenvalue weighted by atomic mass is 10.1. The van der Waals surface area contributed by atoms with E-state index in [1.807, 2.05) is 0 Å². The lowest BCUT2D eigenvalue weighted by Crippen LogP contribution is -2.13. The molecule has 0 unspecified atom stereocenters. The van der Waals surface area contributed by atoms with Crippen molar-refractivity contribution in [3.8, 4) is 0 Å². The molecular weight excluding hydrogens is 306 g/mol. The third-order valence-electron chi connectivity index (χ3n) is 1.59. The van der Waals surface area contributed by atoms with Crippen LogP contribution in [-0.4, -0.2) is 34.4 Å². The maximum Gasteiger partial charge on any atom is 0.399 e. The summed E-state index contributed by atoms with van der Waals surface area (Å²) in [6, 6.07) is 0.784.